The summed E-state index contributed by atoms with van der Waals surface area (Å²) >= 11 is 0. The molecule has 2 heterocycles. The fourth-order valence-electron chi connectivity index (χ4n) is 2.48. The van der Waals surface area contributed by atoms with Gasteiger partial charge in [-0.15, -0.1) is 0 Å². The molecule has 0 saturated carbocycles. The molecule has 3 nitrogen and oxygen atoms in total. The van der Waals surface area contributed by atoms with E-state index in [4.69, 9.17) is 0 Å². The summed E-state index contributed by atoms with van der Waals surface area (Å²) in [5, 5.41) is 3.39. The second-order valence-electron chi connectivity index (χ2n) is 4.93. The Hall–Kier alpha value is -2.03. The molecule has 19 heavy (non-hydrogen) atoms. The summed E-state index contributed by atoms with van der Waals surface area (Å²) in [5.41, 5.74) is 2.55. The first-order valence-corrected chi connectivity index (χ1v) is 6.91. The zero-order chi connectivity index (χ0) is 12.9. The molecule has 0 atom stereocenters. The van der Waals surface area contributed by atoms with Gasteiger partial charge in [0.2, 0.25) is 0 Å². The topological polar surface area (TPSA) is 28.2 Å². The lowest BCUT2D eigenvalue weighted by Gasteiger charge is -2.18. The molecule has 0 bridgehead atoms. The monoisotopic (exact) mass is 253 g/mol. The van der Waals surface area contributed by atoms with Gasteiger partial charge in [0.15, 0.2) is 0 Å². The number of hydrogen-bond donors (Lipinski definition) is 1. The highest BCUT2D eigenvalue weighted by Crippen LogP contribution is 2.21. The lowest BCUT2D eigenvalue weighted by atomic mass is 10.2. The van der Waals surface area contributed by atoms with Gasteiger partial charge in [0, 0.05) is 37.6 Å². The van der Waals surface area contributed by atoms with Crippen LogP contribution in [0.5, 0.6) is 0 Å². The Bertz CT molecular complexity index is 519. The third-order valence-corrected chi connectivity index (χ3v) is 3.53. The summed E-state index contributed by atoms with van der Waals surface area (Å²) in [6.45, 7) is 3.15. The van der Waals surface area contributed by atoms with Gasteiger partial charge >= 0.3 is 0 Å². The summed E-state index contributed by atoms with van der Waals surface area (Å²) in [5.74, 6) is 0.952. The largest absolute Gasteiger partial charge is 0.371 e. The second-order valence-corrected chi connectivity index (χ2v) is 4.93. The van der Waals surface area contributed by atoms with Crippen LogP contribution in [-0.4, -0.2) is 18.1 Å². The molecule has 98 valence electrons. The van der Waals surface area contributed by atoms with Gasteiger partial charge in [0.25, 0.3) is 0 Å². The van der Waals surface area contributed by atoms with E-state index in [1.165, 1.54) is 37.2 Å². The van der Waals surface area contributed by atoms with Crippen molar-refractivity contribution in [1.29, 1.82) is 0 Å². The molecule has 1 N–H and O–H groups in total. The van der Waals surface area contributed by atoms with E-state index in [-0.39, 0.29) is 0 Å². The van der Waals surface area contributed by atoms with E-state index in [2.05, 4.69) is 51.6 Å². The summed E-state index contributed by atoms with van der Waals surface area (Å²) in [6, 6.07) is 14.6. The van der Waals surface area contributed by atoms with E-state index in [0.29, 0.717) is 0 Å². The Labute approximate surface area is 114 Å². The third-order valence-electron chi connectivity index (χ3n) is 3.53. The normalized spacial score (nSPS) is 14.6. The molecule has 1 aromatic heterocycles. The molecule has 3 heteroatoms. The molecule has 0 unspecified atom stereocenters. The number of anilines is 2. The van der Waals surface area contributed by atoms with Crippen molar-refractivity contribution in [2.75, 3.05) is 23.3 Å². The first-order chi connectivity index (χ1) is 9.42. The standard InChI is InChI=1S/C16H19N3/c1-2-6-14(7-3-1)13-18-16-12-15(8-9-17-16)19-10-4-5-11-19/h1-3,6-9,12H,4-5,10-11,13H2,(H,17,18). The Balaban J connectivity index is 1.66. The third kappa shape index (κ3) is 3.05. The minimum absolute atomic E-state index is 0.817. The van der Waals surface area contributed by atoms with E-state index < -0.39 is 0 Å². The van der Waals surface area contributed by atoms with Crippen molar-refractivity contribution in [3.63, 3.8) is 0 Å². The van der Waals surface area contributed by atoms with Crippen molar-refractivity contribution in [3.05, 3.63) is 54.2 Å². The van der Waals surface area contributed by atoms with Gasteiger partial charge in [-0.3, -0.25) is 0 Å². The van der Waals surface area contributed by atoms with Gasteiger partial charge in [0.1, 0.15) is 5.82 Å². The summed E-state index contributed by atoms with van der Waals surface area (Å²) in [4.78, 5) is 6.81. The number of benzene rings is 1. The molecule has 1 aliphatic rings. The average molecular weight is 253 g/mol. The van der Waals surface area contributed by atoms with Crippen LogP contribution in [0.15, 0.2) is 48.7 Å². The molecular formula is C16H19N3. The van der Waals surface area contributed by atoms with Crippen molar-refractivity contribution in [2.45, 2.75) is 19.4 Å². The maximum atomic E-state index is 4.39. The predicted octanol–water partition coefficient (Wildman–Crippen LogP) is 3.29. The van der Waals surface area contributed by atoms with Crippen molar-refractivity contribution < 1.29 is 0 Å². The van der Waals surface area contributed by atoms with Crippen LogP contribution < -0.4 is 10.2 Å². The van der Waals surface area contributed by atoms with Crippen molar-refractivity contribution in [2.24, 2.45) is 0 Å². The van der Waals surface area contributed by atoms with E-state index in [0.717, 1.165) is 12.4 Å². The molecule has 3 rings (SSSR count). The quantitative estimate of drug-likeness (QED) is 0.906. The first-order valence-electron chi connectivity index (χ1n) is 6.91. The van der Waals surface area contributed by atoms with Crippen molar-refractivity contribution in [3.8, 4) is 0 Å². The summed E-state index contributed by atoms with van der Waals surface area (Å²) in [6.07, 6.45) is 4.49. The summed E-state index contributed by atoms with van der Waals surface area (Å²) in [7, 11) is 0. The van der Waals surface area contributed by atoms with Crippen LogP contribution in [0.1, 0.15) is 18.4 Å². The van der Waals surface area contributed by atoms with Gasteiger partial charge in [-0.05, 0) is 24.5 Å². The van der Waals surface area contributed by atoms with Crippen LogP contribution in [0.2, 0.25) is 0 Å². The Morgan fingerprint density at radius 1 is 1.05 bits per heavy atom. The Morgan fingerprint density at radius 2 is 1.84 bits per heavy atom. The molecule has 0 amide bonds. The fraction of sp³-hybridized carbons (Fsp3) is 0.312. The van der Waals surface area contributed by atoms with Crippen molar-refractivity contribution >= 4 is 11.5 Å². The van der Waals surface area contributed by atoms with Gasteiger partial charge in [-0.25, -0.2) is 4.98 Å². The minimum atomic E-state index is 0.817. The van der Waals surface area contributed by atoms with E-state index in [1.807, 2.05) is 12.3 Å². The van der Waals surface area contributed by atoms with E-state index >= 15 is 0 Å². The number of nitrogens with zero attached hydrogens (tertiary/aromatic N) is 2. The van der Waals surface area contributed by atoms with Crippen LogP contribution in [0.4, 0.5) is 11.5 Å². The number of nitrogens with one attached hydrogen (secondary N) is 1. The molecule has 2 aromatic rings. The zero-order valence-corrected chi connectivity index (χ0v) is 11.0. The second kappa shape index (κ2) is 5.74. The van der Waals surface area contributed by atoms with Gasteiger partial charge < -0.3 is 10.2 Å². The lowest BCUT2D eigenvalue weighted by Crippen LogP contribution is -2.17. The SMILES string of the molecule is c1ccc(CNc2cc(N3CCCC3)ccn2)cc1. The fourth-order valence-corrected chi connectivity index (χ4v) is 2.48. The number of pyridine rings is 1. The molecule has 0 radical (unpaired) electrons. The minimum Gasteiger partial charge on any atom is -0.371 e. The van der Waals surface area contributed by atoms with E-state index in [9.17, 15) is 0 Å². The predicted molar refractivity (Wildman–Crippen MR) is 79.5 cm³/mol. The molecule has 1 fully saturated rings. The van der Waals surface area contributed by atoms with Gasteiger partial charge in [0.05, 0.1) is 0 Å². The number of aromatic nitrogens is 1. The lowest BCUT2D eigenvalue weighted by molar-refractivity contribution is 0.949. The molecule has 1 aliphatic heterocycles. The maximum Gasteiger partial charge on any atom is 0.128 e. The smallest absolute Gasteiger partial charge is 0.128 e. The van der Waals surface area contributed by atoms with E-state index in [1.54, 1.807) is 0 Å². The average Bonchev–Trinajstić information content (AvgIpc) is 3.01. The van der Waals surface area contributed by atoms with Crippen molar-refractivity contribution in [1.82, 2.24) is 4.98 Å². The molecule has 0 spiro atoms. The highest BCUT2D eigenvalue weighted by atomic mass is 15.1. The molecule has 0 aliphatic carbocycles. The zero-order valence-electron chi connectivity index (χ0n) is 11.0. The Kier molecular flexibility index (Phi) is 3.63. The van der Waals surface area contributed by atoms with Crippen LogP contribution in [0, 0.1) is 0 Å². The van der Waals surface area contributed by atoms with Crippen LogP contribution in [0.25, 0.3) is 0 Å². The highest BCUT2D eigenvalue weighted by molar-refractivity contribution is 5.54. The highest BCUT2D eigenvalue weighted by Gasteiger charge is 2.12. The van der Waals surface area contributed by atoms with Gasteiger partial charge in [-0.2, -0.15) is 0 Å². The number of rotatable bonds is 4. The van der Waals surface area contributed by atoms with Crippen LogP contribution >= 0.6 is 0 Å². The molecular weight excluding hydrogens is 234 g/mol. The van der Waals surface area contributed by atoms with Crippen LogP contribution in [0.3, 0.4) is 0 Å². The molecule has 1 saturated heterocycles. The Morgan fingerprint density at radius 3 is 2.63 bits per heavy atom. The van der Waals surface area contributed by atoms with Gasteiger partial charge in [-0.1, -0.05) is 30.3 Å². The first kappa shape index (κ1) is 12.0. The number of hydrogen-bond acceptors (Lipinski definition) is 3. The van der Waals surface area contributed by atoms with Crippen LogP contribution in [-0.2, 0) is 6.54 Å². The molecule has 1 aromatic carbocycles. The maximum absolute atomic E-state index is 4.39. The summed E-state index contributed by atoms with van der Waals surface area (Å²) < 4.78 is 0.